The van der Waals surface area contributed by atoms with Crippen LogP contribution in [0.5, 0.6) is 11.5 Å². The van der Waals surface area contributed by atoms with Gasteiger partial charge in [-0.1, -0.05) is 35.0 Å². The van der Waals surface area contributed by atoms with Crippen LogP contribution in [0.25, 0.3) is 11.4 Å². The number of carbonyl (C=O) groups excluding carboxylic acids is 1. The lowest BCUT2D eigenvalue weighted by Crippen LogP contribution is -2.43. The molecule has 1 saturated heterocycles. The van der Waals surface area contributed by atoms with Gasteiger partial charge in [-0.2, -0.15) is 4.98 Å². The number of carbonyl (C=O) groups is 1. The highest BCUT2D eigenvalue weighted by Crippen LogP contribution is 2.31. The van der Waals surface area contributed by atoms with Gasteiger partial charge in [-0.15, -0.1) is 0 Å². The third kappa shape index (κ3) is 5.94. The molecule has 34 heavy (non-hydrogen) atoms. The third-order valence-electron chi connectivity index (χ3n) is 6.18. The summed E-state index contributed by atoms with van der Waals surface area (Å²) in [6, 6.07) is 13.9. The smallest absolute Gasteiger partial charge is 0.241 e. The molecular weight excluding hydrogens is 432 g/mol. The quantitative estimate of drug-likeness (QED) is 0.517. The predicted octanol–water partition coefficient (Wildman–Crippen LogP) is 3.63. The lowest BCUT2D eigenvalue weighted by Gasteiger charge is -2.30. The van der Waals surface area contributed by atoms with Crippen molar-refractivity contribution in [1.82, 2.24) is 20.4 Å². The predicted molar refractivity (Wildman–Crippen MR) is 129 cm³/mol. The third-order valence-corrected chi connectivity index (χ3v) is 6.18. The number of aryl methyl sites for hydroxylation is 1. The van der Waals surface area contributed by atoms with Crippen LogP contribution in [0.4, 0.5) is 0 Å². The number of aromatic nitrogens is 2. The molecule has 3 aromatic rings. The van der Waals surface area contributed by atoms with Gasteiger partial charge in [0.05, 0.1) is 26.7 Å². The molecule has 180 valence electrons. The van der Waals surface area contributed by atoms with Gasteiger partial charge in [-0.05, 0) is 56.5 Å². The number of ether oxygens (including phenoxy) is 2. The van der Waals surface area contributed by atoms with Crippen LogP contribution in [0.1, 0.15) is 29.9 Å². The summed E-state index contributed by atoms with van der Waals surface area (Å²) in [4.78, 5) is 19.5. The molecule has 8 heteroatoms. The number of nitrogens with zero attached hydrogens (tertiary/aromatic N) is 3. The van der Waals surface area contributed by atoms with Gasteiger partial charge in [0.1, 0.15) is 0 Å². The van der Waals surface area contributed by atoms with E-state index in [0.717, 1.165) is 31.4 Å². The first-order valence-corrected chi connectivity index (χ1v) is 11.7. The van der Waals surface area contributed by atoms with Crippen LogP contribution in [0, 0.1) is 12.8 Å². The van der Waals surface area contributed by atoms with Crippen molar-refractivity contribution < 1.29 is 18.8 Å². The first-order valence-electron chi connectivity index (χ1n) is 11.7. The molecule has 0 aliphatic carbocycles. The lowest BCUT2D eigenvalue weighted by molar-refractivity contribution is -0.126. The number of amides is 1. The van der Waals surface area contributed by atoms with Gasteiger partial charge in [0.2, 0.25) is 17.6 Å². The van der Waals surface area contributed by atoms with Crippen LogP contribution in [0.15, 0.2) is 47.0 Å². The first-order chi connectivity index (χ1) is 16.6. The zero-order valence-electron chi connectivity index (χ0n) is 20.0. The Morgan fingerprint density at radius 2 is 1.94 bits per heavy atom. The van der Waals surface area contributed by atoms with Crippen molar-refractivity contribution in [2.75, 3.05) is 33.9 Å². The Hall–Kier alpha value is -3.39. The van der Waals surface area contributed by atoms with Crippen LogP contribution >= 0.6 is 0 Å². The molecular formula is C26H32N4O4. The Kier molecular flexibility index (Phi) is 7.80. The van der Waals surface area contributed by atoms with Crippen molar-refractivity contribution in [3.05, 3.63) is 59.5 Å². The van der Waals surface area contributed by atoms with Crippen molar-refractivity contribution in [2.45, 2.75) is 32.7 Å². The highest BCUT2D eigenvalue weighted by Gasteiger charge is 2.26. The van der Waals surface area contributed by atoms with Crippen molar-refractivity contribution in [2.24, 2.45) is 5.92 Å². The summed E-state index contributed by atoms with van der Waals surface area (Å²) in [6.45, 7) is 4.83. The number of piperidine rings is 1. The maximum Gasteiger partial charge on any atom is 0.241 e. The van der Waals surface area contributed by atoms with E-state index >= 15 is 0 Å². The molecule has 0 saturated carbocycles. The SMILES string of the molecule is COc1ccc(-c2noc(CN3CCC[C@@H](C(=O)NCCc4ccc(C)cc4)C3)n2)cc1OC. The fraction of sp³-hybridized carbons (Fsp3) is 0.423. The van der Waals surface area contributed by atoms with Crippen LogP contribution in [-0.2, 0) is 17.8 Å². The second-order valence-corrected chi connectivity index (χ2v) is 8.68. The van der Waals surface area contributed by atoms with Crippen LogP contribution < -0.4 is 14.8 Å². The monoisotopic (exact) mass is 464 g/mol. The van der Waals surface area contributed by atoms with E-state index in [-0.39, 0.29) is 11.8 Å². The highest BCUT2D eigenvalue weighted by atomic mass is 16.5. The Morgan fingerprint density at radius 1 is 1.15 bits per heavy atom. The van der Waals surface area contributed by atoms with Gasteiger partial charge >= 0.3 is 0 Å². The molecule has 1 N–H and O–H groups in total. The average molecular weight is 465 g/mol. The number of methoxy groups -OCH3 is 2. The number of hydrogen-bond acceptors (Lipinski definition) is 7. The highest BCUT2D eigenvalue weighted by molar-refractivity contribution is 5.79. The maximum absolute atomic E-state index is 12.7. The largest absolute Gasteiger partial charge is 0.493 e. The van der Waals surface area contributed by atoms with Crippen LogP contribution in [0.3, 0.4) is 0 Å². The molecule has 8 nitrogen and oxygen atoms in total. The Morgan fingerprint density at radius 3 is 2.71 bits per heavy atom. The molecule has 2 aromatic carbocycles. The molecule has 4 rings (SSSR count). The van der Waals surface area contributed by atoms with Crippen molar-refractivity contribution >= 4 is 5.91 Å². The molecule has 2 heterocycles. The summed E-state index contributed by atoms with van der Waals surface area (Å²) in [5, 5.41) is 7.23. The summed E-state index contributed by atoms with van der Waals surface area (Å²) in [6.07, 6.45) is 2.70. The number of nitrogens with one attached hydrogen (secondary N) is 1. The lowest BCUT2D eigenvalue weighted by atomic mass is 9.97. The van der Waals surface area contributed by atoms with Crippen molar-refractivity contribution in [3.63, 3.8) is 0 Å². The Balaban J connectivity index is 1.29. The van der Waals surface area contributed by atoms with Crippen LogP contribution in [-0.4, -0.2) is 54.8 Å². The molecule has 0 bridgehead atoms. The fourth-order valence-corrected chi connectivity index (χ4v) is 4.25. The molecule has 1 aromatic heterocycles. The fourth-order valence-electron chi connectivity index (χ4n) is 4.25. The van der Waals surface area contributed by atoms with E-state index in [4.69, 9.17) is 14.0 Å². The van der Waals surface area contributed by atoms with Gasteiger partial charge in [-0.3, -0.25) is 9.69 Å². The Bertz CT molecular complexity index is 1100. The summed E-state index contributed by atoms with van der Waals surface area (Å²) in [5.41, 5.74) is 3.27. The van der Waals surface area contributed by atoms with Gasteiger partial charge < -0.3 is 19.3 Å². The van der Waals surface area contributed by atoms with Crippen molar-refractivity contribution in [3.8, 4) is 22.9 Å². The number of rotatable bonds is 9. The summed E-state index contributed by atoms with van der Waals surface area (Å²) >= 11 is 0. The molecule has 0 unspecified atom stereocenters. The number of hydrogen-bond donors (Lipinski definition) is 1. The number of benzene rings is 2. The second-order valence-electron chi connectivity index (χ2n) is 8.68. The summed E-state index contributed by atoms with van der Waals surface area (Å²) in [5.74, 6) is 2.38. The number of likely N-dealkylation sites (tertiary alicyclic amines) is 1. The standard InChI is InChI=1S/C26H32N4O4/c1-18-6-8-19(9-7-18)12-13-27-26(31)21-5-4-14-30(16-21)17-24-28-25(29-34-24)20-10-11-22(32-2)23(15-20)33-3/h6-11,15,21H,4-5,12-14,16-17H2,1-3H3,(H,27,31)/t21-/m1/s1. The molecule has 1 aliphatic rings. The molecule has 0 spiro atoms. The van der Waals surface area contributed by atoms with Gasteiger partial charge in [-0.25, -0.2) is 0 Å². The van der Waals surface area contributed by atoms with Gasteiger partial charge in [0, 0.05) is 18.7 Å². The first kappa shape index (κ1) is 23.8. The molecule has 1 fully saturated rings. The van der Waals surface area contributed by atoms with E-state index in [2.05, 4.69) is 51.5 Å². The minimum atomic E-state index is -0.0278. The van der Waals surface area contributed by atoms with E-state index in [0.29, 0.717) is 42.8 Å². The average Bonchev–Trinajstić information content (AvgIpc) is 3.33. The second kappa shape index (κ2) is 11.2. The van der Waals surface area contributed by atoms with Gasteiger partial charge in [0.15, 0.2) is 11.5 Å². The zero-order valence-corrected chi connectivity index (χ0v) is 20.0. The summed E-state index contributed by atoms with van der Waals surface area (Å²) in [7, 11) is 3.19. The summed E-state index contributed by atoms with van der Waals surface area (Å²) < 4.78 is 16.1. The van der Waals surface area contributed by atoms with E-state index in [1.807, 2.05) is 18.2 Å². The maximum atomic E-state index is 12.7. The minimum absolute atomic E-state index is 0.0278. The zero-order chi connectivity index (χ0) is 23.9. The van der Waals surface area contributed by atoms with E-state index < -0.39 is 0 Å². The van der Waals surface area contributed by atoms with E-state index in [1.54, 1.807) is 14.2 Å². The molecule has 1 atom stereocenters. The van der Waals surface area contributed by atoms with E-state index in [9.17, 15) is 4.79 Å². The minimum Gasteiger partial charge on any atom is -0.493 e. The van der Waals surface area contributed by atoms with E-state index in [1.165, 1.54) is 11.1 Å². The molecule has 1 amide bonds. The van der Waals surface area contributed by atoms with Crippen molar-refractivity contribution in [1.29, 1.82) is 0 Å². The molecule has 1 aliphatic heterocycles. The Labute approximate surface area is 200 Å². The molecule has 0 radical (unpaired) electrons. The van der Waals surface area contributed by atoms with Crippen LogP contribution in [0.2, 0.25) is 0 Å². The topological polar surface area (TPSA) is 89.7 Å². The normalized spacial score (nSPS) is 16.3. The van der Waals surface area contributed by atoms with Gasteiger partial charge in [0.25, 0.3) is 0 Å².